The Bertz CT molecular complexity index is 1380. The number of amides is 1. The number of para-hydroxylation sites is 1. The monoisotopic (exact) mass is 399 g/mol. The second kappa shape index (κ2) is 6.79. The first-order valence-corrected chi connectivity index (χ1v) is 9.96. The van der Waals surface area contributed by atoms with E-state index in [1.54, 1.807) is 10.9 Å². The summed E-state index contributed by atoms with van der Waals surface area (Å²) in [6.45, 7) is 2.04. The molecule has 29 heavy (non-hydrogen) atoms. The summed E-state index contributed by atoms with van der Waals surface area (Å²) in [5.74, 6) is -0.204. The molecule has 0 fully saturated rings. The Labute approximate surface area is 170 Å². The van der Waals surface area contributed by atoms with E-state index in [9.17, 15) is 4.79 Å². The first-order valence-electron chi connectivity index (χ1n) is 9.14. The van der Waals surface area contributed by atoms with Crippen LogP contribution in [-0.4, -0.2) is 25.7 Å². The average molecular weight is 399 g/mol. The third-order valence-corrected chi connectivity index (χ3v) is 5.66. The topological polar surface area (TPSA) is 72.7 Å². The SMILES string of the molecule is Cc1ccc2nc(NC(=O)c3cc(-c4cnn(C)c4)nc4ccccc34)sc2c1. The van der Waals surface area contributed by atoms with E-state index in [-0.39, 0.29) is 5.91 Å². The van der Waals surface area contributed by atoms with Crippen LogP contribution in [0.4, 0.5) is 5.13 Å². The Hall–Kier alpha value is -3.58. The number of anilines is 1. The van der Waals surface area contributed by atoms with Crippen molar-refractivity contribution in [1.82, 2.24) is 19.7 Å². The highest BCUT2D eigenvalue weighted by molar-refractivity contribution is 7.22. The molecule has 5 aromatic rings. The molecule has 5 rings (SSSR count). The van der Waals surface area contributed by atoms with E-state index in [1.807, 2.05) is 62.6 Å². The number of aryl methyl sites for hydroxylation is 2. The number of pyridine rings is 1. The van der Waals surface area contributed by atoms with Gasteiger partial charge >= 0.3 is 0 Å². The van der Waals surface area contributed by atoms with Crippen LogP contribution in [0.2, 0.25) is 0 Å². The van der Waals surface area contributed by atoms with Gasteiger partial charge in [-0.05, 0) is 36.8 Å². The van der Waals surface area contributed by atoms with E-state index < -0.39 is 0 Å². The lowest BCUT2D eigenvalue weighted by atomic mass is 10.1. The van der Waals surface area contributed by atoms with Gasteiger partial charge in [-0.25, -0.2) is 9.97 Å². The van der Waals surface area contributed by atoms with E-state index in [2.05, 4.69) is 21.5 Å². The molecule has 0 saturated heterocycles. The minimum absolute atomic E-state index is 0.204. The van der Waals surface area contributed by atoms with Crippen LogP contribution in [0.15, 0.2) is 60.9 Å². The first-order chi connectivity index (χ1) is 14.1. The van der Waals surface area contributed by atoms with Crippen LogP contribution < -0.4 is 5.32 Å². The Kier molecular flexibility index (Phi) is 4.10. The summed E-state index contributed by atoms with van der Waals surface area (Å²) in [4.78, 5) is 22.4. The summed E-state index contributed by atoms with van der Waals surface area (Å²) in [7, 11) is 1.85. The van der Waals surface area contributed by atoms with Gasteiger partial charge in [-0.3, -0.25) is 14.8 Å². The molecule has 1 amide bonds. The lowest BCUT2D eigenvalue weighted by molar-refractivity contribution is 0.102. The van der Waals surface area contributed by atoms with E-state index in [0.29, 0.717) is 16.4 Å². The summed E-state index contributed by atoms with van der Waals surface area (Å²) in [6.07, 6.45) is 3.63. The van der Waals surface area contributed by atoms with E-state index in [4.69, 9.17) is 4.98 Å². The molecule has 0 aliphatic carbocycles. The van der Waals surface area contributed by atoms with Gasteiger partial charge in [0.25, 0.3) is 5.91 Å². The number of hydrogen-bond acceptors (Lipinski definition) is 5. The zero-order chi connectivity index (χ0) is 20.0. The maximum atomic E-state index is 13.2. The molecule has 0 atom stereocenters. The van der Waals surface area contributed by atoms with E-state index in [0.717, 1.165) is 26.7 Å². The van der Waals surface area contributed by atoms with Crippen molar-refractivity contribution in [2.24, 2.45) is 7.05 Å². The normalized spacial score (nSPS) is 11.2. The molecule has 1 N–H and O–H groups in total. The van der Waals surface area contributed by atoms with Gasteiger partial charge in [0.05, 0.1) is 33.2 Å². The molecule has 0 unspecified atom stereocenters. The van der Waals surface area contributed by atoms with Gasteiger partial charge in [-0.2, -0.15) is 5.10 Å². The van der Waals surface area contributed by atoms with Crippen LogP contribution in [0.3, 0.4) is 0 Å². The number of hydrogen-bond donors (Lipinski definition) is 1. The van der Waals surface area contributed by atoms with Crippen LogP contribution in [0.1, 0.15) is 15.9 Å². The standard InChI is InChI=1S/C22H17N5OS/c1-13-7-8-18-20(9-13)29-22(25-18)26-21(28)16-10-19(14-11-23-27(2)12-14)24-17-6-4-3-5-15(16)17/h3-12H,1-2H3,(H,25,26,28). The van der Waals surface area contributed by atoms with E-state index >= 15 is 0 Å². The zero-order valence-electron chi connectivity index (χ0n) is 15.9. The van der Waals surface area contributed by atoms with Gasteiger partial charge in [-0.15, -0.1) is 0 Å². The number of nitrogens with one attached hydrogen (secondary N) is 1. The molecule has 0 bridgehead atoms. The van der Waals surface area contributed by atoms with Crippen molar-refractivity contribution in [1.29, 1.82) is 0 Å². The number of carbonyl (C=O) groups excluding carboxylic acids is 1. The van der Waals surface area contributed by atoms with Crippen molar-refractivity contribution in [3.8, 4) is 11.3 Å². The number of thiazole rings is 1. The maximum Gasteiger partial charge on any atom is 0.258 e. The van der Waals surface area contributed by atoms with Crippen molar-refractivity contribution < 1.29 is 4.79 Å². The van der Waals surface area contributed by atoms with E-state index in [1.165, 1.54) is 16.9 Å². The molecule has 3 heterocycles. The third-order valence-electron chi connectivity index (χ3n) is 4.73. The number of aromatic nitrogens is 4. The average Bonchev–Trinajstić information content (AvgIpc) is 3.32. The molecule has 142 valence electrons. The second-order valence-electron chi connectivity index (χ2n) is 6.92. The highest BCUT2D eigenvalue weighted by atomic mass is 32.1. The van der Waals surface area contributed by atoms with Crippen LogP contribution in [0.5, 0.6) is 0 Å². The molecular formula is C22H17N5OS. The molecule has 3 aromatic heterocycles. The maximum absolute atomic E-state index is 13.2. The zero-order valence-corrected chi connectivity index (χ0v) is 16.7. The Morgan fingerprint density at radius 2 is 1.93 bits per heavy atom. The van der Waals surface area contributed by atoms with Crippen molar-refractivity contribution in [2.75, 3.05) is 5.32 Å². The first kappa shape index (κ1) is 17.5. The summed E-state index contributed by atoms with van der Waals surface area (Å²) < 4.78 is 2.77. The van der Waals surface area contributed by atoms with Crippen LogP contribution >= 0.6 is 11.3 Å². The number of nitrogens with zero attached hydrogens (tertiary/aromatic N) is 4. The van der Waals surface area contributed by atoms with Crippen molar-refractivity contribution in [3.63, 3.8) is 0 Å². The molecule has 6 nitrogen and oxygen atoms in total. The van der Waals surface area contributed by atoms with Gasteiger partial charge in [0.15, 0.2) is 5.13 Å². The van der Waals surface area contributed by atoms with Crippen LogP contribution in [0.25, 0.3) is 32.4 Å². The number of fused-ring (bicyclic) bond motifs is 2. The lowest BCUT2D eigenvalue weighted by Crippen LogP contribution is -2.12. The molecule has 0 aliphatic heterocycles. The molecule has 0 radical (unpaired) electrons. The van der Waals surface area contributed by atoms with Crippen LogP contribution in [0, 0.1) is 6.92 Å². The Balaban J connectivity index is 1.57. The fourth-order valence-electron chi connectivity index (χ4n) is 3.31. The molecular weight excluding hydrogens is 382 g/mol. The Morgan fingerprint density at radius 3 is 2.76 bits per heavy atom. The molecule has 2 aromatic carbocycles. The number of benzene rings is 2. The highest BCUT2D eigenvalue weighted by Crippen LogP contribution is 2.29. The molecule has 0 saturated carbocycles. The smallest absolute Gasteiger partial charge is 0.258 e. The minimum atomic E-state index is -0.204. The number of rotatable bonds is 3. The summed E-state index contributed by atoms with van der Waals surface area (Å²) in [5, 5.41) is 8.56. The number of carbonyl (C=O) groups is 1. The quantitative estimate of drug-likeness (QED) is 0.473. The van der Waals surface area contributed by atoms with Crippen molar-refractivity contribution >= 4 is 43.5 Å². The van der Waals surface area contributed by atoms with Gasteiger partial charge in [0, 0.05) is 24.2 Å². The predicted molar refractivity (Wildman–Crippen MR) is 116 cm³/mol. The third kappa shape index (κ3) is 3.25. The van der Waals surface area contributed by atoms with Crippen molar-refractivity contribution in [2.45, 2.75) is 6.92 Å². The Morgan fingerprint density at radius 1 is 1.07 bits per heavy atom. The largest absolute Gasteiger partial charge is 0.298 e. The van der Waals surface area contributed by atoms with Gasteiger partial charge < -0.3 is 0 Å². The van der Waals surface area contributed by atoms with Gasteiger partial charge in [0.1, 0.15) is 0 Å². The summed E-state index contributed by atoms with van der Waals surface area (Å²) in [5.41, 5.74) is 4.94. The fraction of sp³-hybridized carbons (Fsp3) is 0.0909. The summed E-state index contributed by atoms with van der Waals surface area (Å²) in [6, 6.07) is 15.5. The molecule has 0 spiro atoms. The van der Waals surface area contributed by atoms with Gasteiger partial charge in [-0.1, -0.05) is 35.6 Å². The highest BCUT2D eigenvalue weighted by Gasteiger charge is 2.16. The van der Waals surface area contributed by atoms with Crippen molar-refractivity contribution in [3.05, 3.63) is 72.1 Å². The minimum Gasteiger partial charge on any atom is -0.298 e. The second-order valence-corrected chi connectivity index (χ2v) is 7.95. The van der Waals surface area contributed by atoms with Crippen LogP contribution in [-0.2, 0) is 7.05 Å². The molecule has 0 aliphatic rings. The molecule has 7 heteroatoms. The lowest BCUT2D eigenvalue weighted by Gasteiger charge is -2.08. The predicted octanol–water partition coefficient (Wildman–Crippen LogP) is 4.81. The van der Waals surface area contributed by atoms with Gasteiger partial charge in [0.2, 0.25) is 0 Å². The fourth-order valence-corrected chi connectivity index (χ4v) is 4.27. The summed E-state index contributed by atoms with van der Waals surface area (Å²) >= 11 is 1.47.